The van der Waals surface area contributed by atoms with Gasteiger partial charge in [-0.2, -0.15) is 0 Å². The molecule has 26 heavy (non-hydrogen) atoms. The Labute approximate surface area is 148 Å². The van der Waals surface area contributed by atoms with Crippen LogP contribution >= 0.6 is 0 Å². The van der Waals surface area contributed by atoms with Crippen LogP contribution in [0.2, 0.25) is 0 Å². The van der Waals surface area contributed by atoms with E-state index in [1.54, 1.807) is 6.07 Å². The van der Waals surface area contributed by atoms with Crippen molar-refractivity contribution in [3.8, 4) is 29.2 Å². The zero-order chi connectivity index (χ0) is 19.3. The molecule has 0 radical (unpaired) electrons. The lowest BCUT2D eigenvalue weighted by molar-refractivity contribution is -0.274. The third kappa shape index (κ3) is 4.91. The van der Waals surface area contributed by atoms with Crippen molar-refractivity contribution in [3.63, 3.8) is 0 Å². The first-order valence-electron chi connectivity index (χ1n) is 7.47. The molecule has 0 spiro atoms. The lowest BCUT2D eigenvalue weighted by Crippen LogP contribution is -2.38. The van der Waals surface area contributed by atoms with Gasteiger partial charge < -0.3 is 10.5 Å². The van der Waals surface area contributed by atoms with Crippen molar-refractivity contribution in [2.24, 2.45) is 5.84 Å². The fraction of sp³-hybridized carbons (Fsp3) is 0.167. The second-order valence-corrected chi connectivity index (χ2v) is 5.33. The van der Waals surface area contributed by atoms with Crippen LogP contribution in [0.5, 0.6) is 5.75 Å². The predicted molar refractivity (Wildman–Crippen MR) is 91.6 cm³/mol. The van der Waals surface area contributed by atoms with Crippen LogP contribution in [0.3, 0.4) is 0 Å². The summed E-state index contributed by atoms with van der Waals surface area (Å²) in [5, 5.41) is 0.968. The molecule has 0 saturated heterocycles. The first-order chi connectivity index (χ1) is 12.2. The van der Waals surface area contributed by atoms with E-state index in [4.69, 9.17) is 18.0 Å². The number of amides is 1. The largest absolute Gasteiger partial charge is 0.573 e. The van der Waals surface area contributed by atoms with Gasteiger partial charge in [-0.15, -0.1) is 25.5 Å². The molecule has 0 bridgehead atoms. The number of hydrogen-bond donors (Lipinski definition) is 2. The Morgan fingerprint density at radius 2 is 1.77 bits per heavy atom. The van der Waals surface area contributed by atoms with Gasteiger partial charge in [0.2, 0.25) is 0 Å². The highest BCUT2D eigenvalue weighted by atomic mass is 19.4. The summed E-state index contributed by atoms with van der Waals surface area (Å²) < 4.78 is 40.5. The van der Waals surface area contributed by atoms with E-state index in [1.807, 2.05) is 0 Å². The van der Waals surface area contributed by atoms with Gasteiger partial charge in [-0.3, -0.25) is 9.80 Å². The zero-order valence-electron chi connectivity index (χ0n) is 13.6. The normalized spacial score (nSPS) is 10.9. The molecule has 8 heteroatoms. The Balaban J connectivity index is 2.26. The molecular formula is C18H16F3N3O2. The molecule has 4 N–H and O–H groups in total. The number of alkyl halides is 3. The van der Waals surface area contributed by atoms with Crippen molar-refractivity contribution in [3.05, 3.63) is 48.0 Å². The number of hydrazine groups is 1. The fourth-order valence-electron chi connectivity index (χ4n) is 2.21. The Kier molecular flexibility index (Phi) is 5.75. The van der Waals surface area contributed by atoms with Crippen LogP contribution in [0.4, 0.5) is 18.9 Å². The molecule has 0 fully saturated rings. The van der Waals surface area contributed by atoms with Crippen LogP contribution in [0, 0.1) is 12.3 Å². The van der Waals surface area contributed by atoms with E-state index < -0.39 is 12.3 Å². The van der Waals surface area contributed by atoms with E-state index in [-0.39, 0.29) is 23.5 Å². The van der Waals surface area contributed by atoms with Crippen molar-refractivity contribution < 1.29 is 22.7 Å². The highest BCUT2D eigenvalue weighted by Gasteiger charge is 2.31. The lowest BCUT2D eigenvalue weighted by atomic mass is 10.0. The van der Waals surface area contributed by atoms with Crippen LogP contribution in [0.1, 0.15) is 16.8 Å². The lowest BCUT2D eigenvalue weighted by Gasteiger charge is -2.17. The molecule has 136 valence electrons. The first kappa shape index (κ1) is 19.1. The molecule has 0 aliphatic rings. The van der Waals surface area contributed by atoms with Crippen LogP contribution in [-0.4, -0.2) is 23.8 Å². The molecule has 0 atom stereocenters. The Morgan fingerprint density at radius 1 is 1.15 bits per heavy atom. The molecule has 5 nitrogen and oxygen atoms in total. The van der Waals surface area contributed by atoms with E-state index in [9.17, 15) is 18.0 Å². The Morgan fingerprint density at radius 3 is 2.35 bits per heavy atom. The van der Waals surface area contributed by atoms with Gasteiger partial charge in [0.15, 0.2) is 0 Å². The summed E-state index contributed by atoms with van der Waals surface area (Å²) in [6, 6.07) is 9.95. The number of anilines is 1. The van der Waals surface area contributed by atoms with Gasteiger partial charge in [0.1, 0.15) is 5.75 Å². The predicted octanol–water partition coefficient (Wildman–Crippen LogP) is 3.17. The van der Waals surface area contributed by atoms with Gasteiger partial charge in [-0.05, 0) is 35.4 Å². The average molecular weight is 363 g/mol. The third-order valence-corrected chi connectivity index (χ3v) is 3.46. The van der Waals surface area contributed by atoms with Gasteiger partial charge in [0.05, 0.1) is 5.56 Å². The number of terminal acetylenes is 1. The molecule has 2 aromatic rings. The molecule has 0 aliphatic carbocycles. The minimum atomic E-state index is -4.76. The summed E-state index contributed by atoms with van der Waals surface area (Å²) in [7, 11) is 0. The second-order valence-electron chi connectivity index (χ2n) is 5.33. The summed E-state index contributed by atoms with van der Waals surface area (Å²) in [5.74, 6) is 7.22. The molecule has 0 heterocycles. The van der Waals surface area contributed by atoms with Gasteiger partial charge in [0, 0.05) is 18.7 Å². The van der Waals surface area contributed by atoms with E-state index in [0.29, 0.717) is 17.5 Å². The molecule has 0 unspecified atom stereocenters. The topological polar surface area (TPSA) is 81.6 Å². The van der Waals surface area contributed by atoms with E-state index >= 15 is 0 Å². The van der Waals surface area contributed by atoms with Crippen LogP contribution in [0.15, 0.2) is 42.5 Å². The second kappa shape index (κ2) is 7.80. The summed E-state index contributed by atoms with van der Waals surface area (Å²) in [5.41, 5.74) is 7.42. The highest BCUT2D eigenvalue weighted by molar-refractivity contribution is 6.00. The Bertz CT molecular complexity index is 827. The first-order valence-corrected chi connectivity index (χ1v) is 7.47. The van der Waals surface area contributed by atoms with E-state index in [1.165, 1.54) is 36.4 Å². The highest BCUT2D eigenvalue weighted by Crippen LogP contribution is 2.28. The van der Waals surface area contributed by atoms with Crippen LogP contribution < -0.4 is 16.3 Å². The SMILES string of the molecule is C#CCCN(N)C(=O)c1cc(-c2ccc(OC(F)(F)F)cc2)ccc1N. The monoisotopic (exact) mass is 363 g/mol. The van der Waals surface area contributed by atoms with E-state index in [2.05, 4.69) is 10.7 Å². The summed E-state index contributed by atoms with van der Waals surface area (Å²) >= 11 is 0. The van der Waals surface area contributed by atoms with Gasteiger partial charge in [-0.25, -0.2) is 5.84 Å². The van der Waals surface area contributed by atoms with Crippen molar-refractivity contribution in [2.45, 2.75) is 12.8 Å². The van der Waals surface area contributed by atoms with Crippen LogP contribution in [-0.2, 0) is 0 Å². The van der Waals surface area contributed by atoms with Gasteiger partial charge in [-0.1, -0.05) is 18.2 Å². The summed E-state index contributed by atoms with van der Waals surface area (Å²) in [6.45, 7) is 0.169. The number of carbonyl (C=O) groups is 1. The van der Waals surface area contributed by atoms with Crippen molar-refractivity contribution in [1.29, 1.82) is 0 Å². The number of hydrogen-bond acceptors (Lipinski definition) is 4. The molecule has 2 aromatic carbocycles. The van der Waals surface area contributed by atoms with Crippen molar-refractivity contribution >= 4 is 11.6 Å². The maximum absolute atomic E-state index is 12.4. The molecule has 0 aromatic heterocycles. The number of benzene rings is 2. The zero-order valence-corrected chi connectivity index (χ0v) is 13.6. The minimum Gasteiger partial charge on any atom is -0.406 e. The van der Waals surface area contributed by atoms with Gasteiger partial charge >= 0.3 is 6.36 Å². The maximum Gasteiger partial charge on any atom is 0.573 e. The standard InChI is InChI=1S/C18H16F3N3O2/c1-2-3-10-24(23)17(25)15-11-13(6-9-16(15)22)12-4-7-14(8-5-12)26-18(19,20)21/h1,4-9,11H,3,10,22-23H2. The number of nitrogens with zero attached hydrogens (tertiary/aromatic N) is 1. The number of nitrogen functional groups attached to an aromatic ring is 1. The molecular weight excluding hydrogens is 347 g/mol. The quantitative estimate of drug-likeness (QED) is 0.281. The maximum atomic E-state index is 12.4. The van der Waals surface area contributed by atoms with Crippen molar-refractivity contribution in [2.75, 3.05) is 12.3 Å². The minimum absolute atomic E-state index is 0.169. The van der Waals surface area contributed by atoms with Gasteiger partial charge in [0.25, 0.3) is 5.91 Å². The number of rotatable bonds is 5. The molecule has 0 saturated carbocycles. The molecule has 0 aliphatic heterocycles. The fourth-order valence-corrected chi connectivity index (χ4v) is 2.21. The van der Waals surface area contributed by atoms with Crippen molar-refractivity contribution in [1.82, 2.24) is 5.01 Å². The summed E-state index contributed by atoms with van der Waals surface area (Å²) in [4.78, 5) is 12.4. The van der Waals surface area contributed by atoms with E-state index in [0.717, 1.165) is 5.01 Å². The number of carbonyl (C=O) groups excluding carboxylic acids is 1. The number of ether oxygens (including phenoxy) is 1. The summed E-state index contributed by atoms with van der Waals surface area (Å²) in [6.07, 6.45) is 0.683. The number of nitrogens with two attached hydrogens (primary N) is 2. The van der Waals surface area contributed by atoms with Crippen LogP contribution in [0.25, 0.3) is 11.1 Å². The Hall–Kier alpha value is -3.18. The molecule has 2 rings (SSSR count). The average Bonchev–Trinajstić information content (AvgIpc) is 2.59. The molecule has 1 amide bonds. The number of halogens is 3. The smallest absolute Gasteiger partial charge is 0.406 e. The third-order valence-electron chi connectivity index (χ3n) is 3.46.